The van der Waals surface area contributed by atoms with Crippen LogP contribution in [-0.2, 0) is 38.4 Å². The molecule has 0 aliphatic rings. The summed E-state index contributed by atoms with van der Waals surface area (Å²) in [5.74, 6) is -5.67. The van der Waals surface area contributed by atoms with Crippen LogP contribution in [0.1, 0.15) is 85.4 Å². The third kappa shape index (κ3) is 15.8. The average Bonchev–Trinajstić information content (AvgIpc) is 3.22. The van der Waals surface area contributed by atoms with Crippen molar-refractivity contribution in [3.05, 3.63) is 125 Å². The first-order valence-electron chi connectivity index (χ1n) is 20.6. The molecule has 3 rings (SSSR count). The van der Waals surface area contributed by atoms with Crippen LogP contribution in [0.5, 0.6) is 0 Å². The lowest BCUT2D eigenvalue weighted by atomic mass is 9.99. The summed E-state index contributed by atoms with van der Waals surface area (Å²) in [5.41, 5.74) is -3.95. The zero-order valence-electron chi connectivity index (χ0n) is 38.0. The van der Waals surface area contributed by atoms with E-state index >= 15 is 0 Å². The van der Waals surface area contributed by atoms with E-state index in [4.69, 9.17) is 0 Å². The molecule has 0 bridgehead atoms. The highest BCUT2D eigenvalue weighted by molar-refractivity contribution is 6.09. The number of carbonyl (C=O) groups is 8. The molecule has 0 saturated carbocycles. The van der Waals surface area contributed by atoms with Crippen LogP contribution in [0.4, 0.5) is 0 Å². The fraction of sp³-hybridized carbons (Fsp3) is 0.333. The smallest absolute Gasteiger partial charge is 0.268 e. The van der Waals surface area contributed by atoms with Crippen molar-refractivity contribution in [1.29, 1.82) is 0 Å². The van der Waals surface area contributed by atoms with Gasteiger partial charge < -0.3 is 42.5 Å². The highest BCUT2D eigenvalue weighted by Gasteiger charge is 2.37. The molecule has 0 unspecified atom stereocenters. The zero-order chi connectivity index (χ0) is 47.8. The molecule has 0 heterocycles. The number of nitrogens with one attached hydrogen (secondary N) is 8. The summed E-state index contributed by atoms with van der Waals surface area (Å²) in [6.07, 6.45) is 4.57. The van der Waals surface area contributed by atoms with Gasteiger partial charge in [-0.3, -0.25) is 38.4 Å². The third-order valence-corrected chi connectivity index (χ3v) is 9.43. The summed E-state index contributed by atoms with van der Waals surface area (Å²) >= 11 is 0. The Labute approximate surface area is 374 Å². The summed E-state index contributed by atoms with van der Waals surface area (Å²) < 4.78 is 0. The van der Waals surface area contributed by atoms with E-state index in [0.29, 0.717) is 23.1 Å². The molecule has 0 saturated heterocycles. The Morgan fingerprint density at radius 2 is 0.812 bits per heavy atom. The van der Waals surface area contributed by atoms with Gasteiger partial charge in [0.05, 0.1) is 0 Å². The summed E-state index contributed by atoms with van der Waals surface area (Å²) in [6, 6.07) is 25.1. The quantitative estimate of drug-likeness (QED) is 0.0830. The van der Waals surface area contributed by atoms with Gasteiger partial charge in [-0.2, -0.15) is 0 Å². The van der Waals surface area contributed by atoms with Crippen molar-refractivity contribution in [3.63, 3.8) is 0 Å². The van der Waals surface area contributed by atoms with Crippen molar-refractivity contribution < 1.29 is 38.4 Å². The molecule has 8 N–H and O–H groups in total. The molecule has 340 valence electrons. The monoisotopic (exact) mass is 876 g/mol. The van der Waals surface area contributed by atoms with Gasteiger partial charge in [0.15, 0.2) is 0 Å². The van der Waals surface area contributed by atoms with E-state index in [1.807, 2.05) is 13.8 Å². The number of hydrogen-bond acceptors (Lipinski definition) is 8. The number of likely N-dealkylation sites (N-methyl/N-ethyl adjacent to an activating group) is 1. The topological polar surface area (TPSA) is 233 Å². The number of amides is 8. The Hall–Kier alpha value is -7.36. The van der Waals surface area contributed by atoms with Crippen molar-refractivity contribution in [3.8, 4) is 0 Å². The van der Waals surface area contributed by atoms with E-state index in [1.165, 1.54) is 73.7 Å². The molecular weight excluding hydrogens is 817 g/mol. The Morgan fingerprint density at radius 1 is 0.500 bits per heavy atom. The van der Waals surface area contributed by atoms with E-state index in [9.17, 15) is 38.4 Å². The van der Waals surface area contributed by atoms with Gasteiger partial charge in [0.2, 0.25) is 29.5 Å². The fourth-order valence-electron chi connectivity index (χ4n) is 5.81. The average molecular weight is 877 g/mol. The Bertz CT molecular complexity index is 2280. The standard InChI is InChI=1S/C48H60N8O8/c1-30(2)26-35(50-31(3)57)40(59)54-47(6,7)44(63)52-38(29-34-24-18-13-19-25-34)42(61)56-48(8,9)45(64)53-37(28-33-22-16-12-17-23-33)41(60)55-46(4,5)43(62)51-36(39(58)49-10)27-32-20-14-11-15-21-32/h11-25,27-30,35H,26H2,1-10H3,(H,49,58)(H,50,57)(H,51,62)(H,52,63)(H,53,64)(H,54,59)(H,55,60)(H,56,61)/b36-27-,37-28-,38-29-/t35-/m1/s1. The van der Waals surface area contributed by atoms with E-state index in [2.05, 4.69) is 42.5 Å². The van der Waals surface area contributed by atoms with Gasteiger partial charge in [-0.25, -0.2) is 0 Å². The molecule has 0 spiro atoms. The summed E-state index contributed by atoms with van der Waals surface area (Å²) in [7, 11) is 1.41. The molecule has 0 aliphatic heterocycles. The van der Waals surface area contributed by atoms with Crippen molar-refractivity contribution in [1.82, 2.24) is 42.5 Å². The molecule has 0 aromatic heterocycles. The number of rotatable bonds is 19. The fourth-order valence-corrected chi connectivity index (χ4v) is 5.81. The molecule has 1 atom stereocenters. The van der Waals surface area contributed by atoms with E-state index < -0.39 is 69.9 Å². The maximum atomic E-state index is 14.1. The van der Waals surface area contributed by atoms with Crippen LogP contribution in [0.15, 0.2) is 108 Å². The van der Waals surface area contributed by atoms with Crippen LogP contribution in [0.3, 0.4) is 0 Å². The minimum Gasteiger partial charge on any atom is -0.354 e. The maximum absolute atomic E-state index is 14.1. The number of benzene rings is 3. The Morgan fingerprint density at radius 3 is 1.11 bits per heavy atom. The second kappa shape index (κ2) is 22.6. The van der Waals surface area contributed by atoms with Crippen LogP contribution in [0.2, 0.25) is 0 Å². The minimum absolute atomic E-state index is 0.0414. The van der Waals surface area contributed by atoms with Crippen molar-refractivity contribution >= 4 is 65.5 Å². The molecule has 0 aliphatic carbocycles. The summed E-state index contributed by atoms with van der Waals surface area (Å²) in [4.78, 5) is 107. The van der Waals surface area contributed by atoms with Gasteiger partial charge in [0, 0.05) is 14.0 Å². The van der Waals surface area contributed by atoms with Gasteiger partial charge >= 0.3 is 0 Å². The molecule has 16 heteroatoms. The summed E-state index contributed by atoms with van der Waals surface area (Å²) in [6.45, 7) is 13.6. The van der Waals surface area contributed by atoms with Gasteiger partial charge in [-0.05, 0) is 88.8 Å². The van der Waals surface area contributed by atoms with E-state index in [0.717, 1.165) is 0 Å². The second-order valence-corrected chi connectivity index (χ2v) is 17.0. The van der Waals surface area contributed by atoms with Gasteiger partial charge in [0.1, 0.15) is 39.7 Å². The summed E-state index contributed by atoms with van der Waals surface area (Å²) in [5, 5.41) is 20.8. The first kappa shape index (κ1) is 51.0. The van der Waals surface area contributed by atoms with Crippen molar-refractivity contribution in [2.45, 2.75) is 91.4 Å². The van der Waals surface area contributed by atoms with Crippen LogP contribution in [0, 0.1) is 5.92 Å². The Kier molecular flexibility index (Phi) is 18.0. The highest BCUT2D eigenvalue weighted by atomic mass is 16.2. The van der Waals surface area contributed by atoms with Crippen LogP contribution in [0.25, 0.3) is 18.2 Å². The molecule has 3 aromatic rings. The van der Waals surface area contributed by atoms with E-state index in [1.54, 1.807) is 91.0 Å². The van der Waals surface area contributed by atoms with Crippen molar-refractivity contribution in [2.75, 3.05) is 7.05 Å². The first-order valence-corrected chi connectivity index (χ1v) is 20.6. The zero-order valence-corrected chi connectivity index (χ0v) is 38.0. The molecule has 8 amide bonds. The molecular formula is C48H60N8O8. The lowest BCUT2D eigenvalue weighted by molar-refractivity contribution is -0.135. The lowest BCUT2D eigenvalue weighted by Gasteiger charge is -2.30. The Balaban J connectivity index is 1.89. The predicted octanol–water partition coefficient (Wildman–Crippen LogP) is 3.44. The number of carbonyl (C=O) groups excluding carboxylic acids is 8. The van der Waals surface area contributed by atoms with Gasteiger partial charge in [-0.15, -0.1) is 0 Å². The van der Waals surface area contributed by atoms with Crippen LogP contribution < -0.4 is 42.5 Å². The maximum Gasteiger partial charge on any atom is 0.268 e. The molecule has 0 fully saturated rings. The molecule has 64 heavy (non-hydrogen) atoms. The van der Waals surface area contributed by atoms with Crippen LogP contribution >= 0.6 is 0 Å². The first-order chi connectivity index (χ1) is 29.9. The SMILES string of the molecule is CNC(=O)/C(=C/c1ccccc1)NC(=O)C(C)(C)NC(=O)/C(=C/c1ccccc1)NC(=O)C(C)(C)NC(=O)/C(=C/c1ccccc1)NC(=O)C(C)(C)NC(=O)[C@@H](CC(C)C)NC(C)=O. The van der Waals surface area contributed by atoms with Gasteiger partial charge in [0.25, 0.3) is 17.7 Å². The van der Waals surface area contributed by atoms with Gasteiger partial charge in [-0.1, -0.05) is 105 Å². The second-order valence-electron chi connectivity index (χ2n) is 17.0. The molecule has 3 aromatic carbocycles. The molecule has 0 radical (unpaired) electrons. The third-order valence-electron chi connectivity index (χ3n) is 9.43. The highest BCUT2D eigenvalue weighted by Crippen LogP contribution is 2.16. The van der Waals surface area contributed by atoms with Crippen LogP contribution in [-0.4, -0.2) is 77.0 Å². The largest absolute Gasteiger partial charge is 0.354 e. The molecule has 16 nitrogen and oxygen atoms in total. The minimum atomic E-state index is -1.75. The normalized spacial score (nSPS) is 12.8. The lowest BCUT2D eigenvalue weighted by Crippen LogP contribution is -2.60. The van der Waals surface area contributed by atoms with E-state index in [-0.39, 0.29) is 23.0 Å². The predicted molar refractivity (Wildman–Crippen MR) is 245 cm³/mol. The van der Waals surface area contributed by atoms with Crippen molar-refractivity contribution in [2.24, 2.45) is 5.92 Å². The number of hydrogen-bond donors (Lipinski definition) is 8.